The van der Waals surface area contributed by atoms with Crippen LogP contribution in [0.2, 0.25) is 0 Å². The second kappa shape index (κ2) is 9.29. The molecule has 0 spiro atoms. The minimum Gasteiger partial charge on any atom is -0.393 e. The highest BCUT2D eigenvalue weighted by atomic mass is 16.6. The van der Waals surface area contributed by atoms with E-state index in [2.05, 4.69) is 5.32 Å². The van der Waals surface area contributed by atoms with Crippen LogP contribution >= 0.6 is 0 Å². The van der Waals surface area contributed by atoms with E-state index in [-0.39, 0.29) is 36.4 Å². The second-order valence-corrected chi connectivity index (χ2v) is 7.13. The quantitative estimate of drug-likeness (QED) is 0.574. The summed E-state index contributed by atoms with van der Waals surface area (Å²) in [5, 5.41) is 23.0. The van der Waals surface area contributed by atoms with E-state index in [1.165, 1.54) is 12.1 Å². The van der Waals surface area contributed by atoms with Gasteiger partial charge in [0.25, 0.3) is 5.69 Å². The van der Waals surface area contributed by atoms with Crippen molar-refractivity contribution in [1.82, 2.24) is 4.90 Å². The average Bonchev–Trinajstić information content (AvgIpc) is 2.70. The van der Waals surface area contributed by atoms with Gasteiger partial charge in [-0.2, -0.15) is 0 Å². The minimum absolute atomic E-state index is 0.0139. The zero-order valence-corrected chi connectivity index (χ0v) is 15.9. The maximum atomic E-state index is 12.3. The number of likely N-dealkylation sites (tertiary alicyclic amines) is 1. The topological polar surface area (TPSA) is 113 Å². The third-order valence-corrected chi connectivity index (χ3v) is 4.92. The Hall–Kier alpha value is -3.26. The smallest absolute Gasteiger partial charge is 0.269 e. The van der Waals surface area contributed by atoms with Gasteiger partial charge in [0.15, 0.2) is 0 Å². The Kier molecular flexibility index (Phi) is 6.56. The summed E-state index contributed by atoms with van der Waals surface area (Å²) in [5.74, 6) is -0.193. The predicted octanol–water partition coefficient (Wildman–Crippen LogP) is 2.30. The summed E-state index contributed by atoms with van der Waals surface area (Å²) in [4.78, 5) is 36.5. The molecule has 0 unspecified atom stereocenters. The number of non-ortho nitro benzene ring substituents is 1. The third kappa shape index (κ3) is 5.86. The standard InChI is InChI=1S/C21H23N3O5/c25-19-9-11-23(12-10-19)21(27)14-16-1-5-17(6-2-16)22-20(26)13-15-3-7-18(8-4-15)24(28)29/h1-8,19,25H,9-14H2,(H,22,26). The number of rotatable bonds is 6. The lowest BCUT2D eigenvalue weighted by atomic mass is 10.1. The largest absolute Gasteiger partial charge is 0.393 e. The van der Waals surface area contributed by atoms with Crippen LogP contribution in [0.3, 0.4) is 0 Å². The maximum absolute atomic E-state index is 12.3. The van der Waals surface area contributed by atoms with E-state index in [0.29, 0.717) is 37.2 Å². The molecule has 8 heteroatoms. The molecule has 0 saturated carbocycles. The van der Waals surface area contributed by atoms with Crippen LogP contribution in [0.1, 0.15) is 24.0 Å². The van der Waals surface area contributed by atoms with Crippen LogP contribution in [0.5, 0.6) is 0 Å². The van der Waals surface area contributed by atoms with Crippen molar-refractivity contribution >= 4 is 23.2 Å². The molecular weight excluding hydrogens is 374 g/mol. The highest BCUT2D eigenvalue weighted by Crippen LogP contribution is 2.16. The number of piperidine rings is 1. The number of benzene rings is 2. The van der Waals surface area contributed by atoms with Crippen molar-refractivity contribution < 1.29 is 19.6 Å². The molecule has 2 amide bonds. The average molecular weight is 397 g/mol. The molecule has 8 nitrogen and oxygen atoms in total. The number of amides is 2. The summed E-state index contributed by atoms with van der Waals surface area (Å²) in [6.07, 6.45) is 1.32. The Morgan fingerprint density at radius 1 is 1.00 bits per heavy atom. The van der Waals surface area contributed by atoms with Crippen LogP contribution in [0, 0.1) is 10.1 Å². The number of nitro benzene ring substituents is 1. The zero-order valence-electron chi connectivity index (χ0n) is 15.9. The van der Waals surface area contributed by atoms with Crippen LogP contribution in [0.25, 0.3) is 0 Å². The molecule has 2 aromatic carbocycles. The van der Waals surface area contributed by atoms with E-state index in [4.69, 9.17) is 0 Å². The highest BCUT2D eigenvalue weighted by Gasteiger charge is 2.21. The predicted molar refractivity (Wildman–Crippen MR) is 107 cm³/mol. The van der Waals surface area contributed by atoms with Crippen LogP contribution < -0.4 is 5.32 Å². The molecule has 0 aliphatic carbocycles. The fourth-order valence-corrected chi connectivity index (χ4v) is 3.23. The minimum atomic E-state index is -0.481. The molecule has 0 radical (unpaired) electrons. The van der Waals surface area contributed by atoms with Gasteiger partial charge in [0.2, 0.25) is 11.8 Å². The normalized spacial score (nSPS) is 14.4. The molecule has 2 N–H and O–H groups in total. The molecule has 1 aliphatic heterocycles. The molecule has 0 aromatic heterocycles. The summed E-state index contributed by atoms with van der Waals surface area (Å²) in [7, 11) is 0. The number of carbonyl (C=O) groups excluding carboxylic acids is 2. The van der Waals surface area contributed by atoms with Gasteiger partial charge in [-0.3, -0.25) is 19.7 Å². The Morgan fingerprint density at radius 3 is 2.14 bits per heavy atom. The summed E-state index contributed by atoms with van der Waals surface area (Å²) in [6, 6.07) is 13.0. The van der Waals surface area contributed by atoms with Gasteiger partial charge in [0.1, 0.15) is 0 Å². The van der Waals surface area contributed by atoms with Crippen LogP contribution in [0.4, 0.5) is 11.4 Å². The van der Waals surface area contributed by atoms with E-state index in [9.17, 15) is 24.8 Å². The number of nitrogens with one attached hydrogen (secondary N) is 1. The summed E-state index contributed by atoms with van der Waals surface area (Å²) < 4.78 is 0. The van der Waals surface area contributed by atoms with Gasteiger partial charge in [0.05, 0.1) is 23.9 Å². The number of carbonyl (C=O) groups is 2. The second-order valence-electron chi connectivity index (χ2n) is 7.13. The molecule has 29 heavy (non-hydrogen) atoms. The SMILES string of the molecule is O=C(Cc1ccc([N+](=O)[O-])cc1)Nc1ccc(CC(=O)N2CCC(O)CC2)cc1. The molecule has 152 valence electrons. The van der Waals surface area contributed by atoms with Crippen molar-refractivity contribution in [3.05, 3.63) is 69.8 Å². The third-order valence-electron chi connectivity index (χ3n) is 4.92. The molecule has 3 rings (SSSR count). The number of nitrogens with zero attached hydrogens (tertiary/aromatic N) is 2. The van der Waals surface area contributed by atoms with Crippen LogP contribution in [-0.4, -0.2) is 45.9 Å². The van der Waals surface area contributed by atoms with Crippen molar-refractivity contribution in [1.29, 1.82) is 0 Å². The first-order valence-corrected chi connectivity index (χ1v) is 9.48. The Bertz CT molecular complexity index is 872. The number of nitro groups is 1. The van der Waals surface area contributed by atoms with Gasteiger partial charge < -0.3 is 15.3 Å². The lowest BCUT2D eigenvalue weighted by Crippen LogP contribution is -2.40. The zero-order chi connectivity index (χ0) is 20.8. The first-order valence-electron chi connectivity index (χ1n) is 9.48. The van der Waals surface area contributed by atoms with E-state index in [0.717, 1.165) is 5.56 Å². The Balaban J connectivity index is 1.50. The first kappa shape index (κ1) is 20.5. The lowest BCUT2D eigenvalue weighted by Gasteiger charge is -2.29. The fraction of sp³-hybridized carbons (Fsp3) is 0.333. The molecule has 0 atom stereocenters. The van der Waals surface area contributed by atoms with Crippen LogP contribution in [-0.2, 0) is 22.4 Å². The number of aliphatic hydroxyl groups is 1. The lowest BCUT2D eigenvalue weighted by molar-refractivity contribution is -0.384. The van der Waals surface area contributed by atoms with Crippen molar-refractivity contribution in [3.8, 4) is 0 Å². The van der Waals surface area contributed by atoms with Crippen LogP contribution in [0.15, 0.2) is 48.5 Å². The number of hydrogen-bond acceptors (Lipinski definition) is 5. The fourth-order valence-electron chi connectivity index (χ4n) is 3.23. The number of hydrogen-bond donors (Lipinski definition) is 2. The van der Waals surface area contributed by atoms with Crippen molar-refractivity contribution in [2.24, 2.45) is 0 Å². The van der Waals surface area contributed by atoms with Gasteiger partial charge in [-0.05, 0) is 36.1 Å². The molecule has 1 saturated heterocycles. The van der Waals surface area contributed by atoms with Gasteiger partial charge in [0, 0.05) is 30.9 Å². The van der Waals surface area contributed by atoms with Gasteiger partial charge in [-0.25, -0.2) is 0 Å². The monoisotopic (exact) mass is 397 g/mol. The van der Waals surface area contributed by atoms with Crippen molar-refractivity contribution in [2.75, 3.05) is 18.4 Å². The number of anilines is 1. The summed E-state index contributed by atoms with van der Waals surface area (Å²) in [5.41, 5.74) is 2.14. The molecule has 0 bridgehead atoms. The van der Waals surface area contributed by atoms with Gasteiger partial charge in [-0.1, -0.05) is 24.3 Å². The molecular formula is C21H23N3O5. The van der Waals surface area contributed by atoms with Gasteiger partial charge in [-0.15, -0.1) is 0 Å². The number of aliphatic hydroxyl groups excluding tert-OH is 1. The first-order chi connectivity index (χ1) is 13.9. The Morgan fingerprint density at radius 2 is 1.55 bits per heavy atom. The van der Waals surface area contributed by atoms with E-state index >= 15 is 0 Å². The maximum Gasteiger partial charge on any atom is 0.269 e. The molecule has 1 heterocycles. The van der Waals surface area contributed by atoms with Gasteiger partial charge >= 0.3 is 0 Å². The van der Waals surface area contributed by atoms with E-state index < -0.39 is 4.92 Å². The van der Waals surface area contributed by atoms with Crippen molar-refractivity contribution in [2.45, 2.75) is 31.8 Å². The molecule has 1 fully saturated rings. The molecule has 2 aromatic rings. The molecule has 1 aliphatic rings. The van der Waals surface area contributed by atoms with E-state index in [1.54, 1.807) is 41.3 Å². The van der Waals surface area contributed by atoms with Crippen molar-refractivity contribution in [3.63, 3.8) is 0 Å². The van der Waals surface area contributed by atoms with E-state index in [1.807, 2.05) is 0 Å². The summed E-state index contributed by atoms with van der Waals surface area (Å²) in [6.45, 7) is 1.16. The summed E-state index contributed by atoms with van der Waals surface area (Å²) >= 11 is 0. The highest BCUT2D eigenvalue weighted by molar-refractivity contribution is 5.92. The Labute approximate surface area is 168 Å².